The summed E-state index contributed by atoms with van der Waals surface area (Å²) in [4.78, 5) is 151. The molecule has 0 saturated carbocycles. The number of carbonyl (C=O) groups is 11. The summed E-state index contributed by atoms with van der Waals surface area (Å²) >= 11 is 0. The van der Waals surface area contributed by atoms with Crippen LogP contribution in [-0.4, -0.2) is 152 Å². The lowest BCUT2D eigenvalue weighted by Crippen LogP contribution is -2.61. The minimum atomic E-state index is -1.81. The minimum Gasteiger partial charge on any atom is -0.481 e. The highest BCUT2D eigenvalue weighted by Crippen LogP contribution is 2.12. The Morgan fingerprint density at radius 3 is 1.49 bits per heavy atom. The van der Waals surface area contributed by atoms with E-state index in [1.165, 1.54) is 12.5 Å². The van der Waals surface area contributed by atoms with Crippen molar-refractivity contribution in [2.24, 2.45) is 28.9 Å². The van der Waals surface area contributed by atoms with Gasteiger partial charge in [0.2, 0.25) is 47.3 Å². The van der Waals surface area contributed by atoms with Gasteiger partial charge >= 0.3 is 17.9 Å². The molecule has 8 amide bonds. The Labute approximate surface area is 427 Å². The van der Waals surface area contributed by atoms with Gasteiger partial charge in [0.05, 0.1) is 18.8 Å². The maximum Gasteiger partial charge on any atom is 0.326 e. The molecule has 0 aliphatic heterocycles. The Balaban J connectivity index is 2.48. The minimum absolute atomic E-state index is 0.00757. The first kappa shape index (κ1) is 62.6. The van der Waals surface area contributed by atoms with Crippen LogP contribution in [0.4, 0.5) is 0 Å². The van der Waals surface area contributed by atoms with E-state index in [4.69, 9.17) is 22.9 Å². The molecule has 0 unspecified atom stereocenters. The third-order valence-corrected chi connectivity index (χ3v) is 11.3. The molecule has 1 heterocycles. The van der Waals surface area contributed by atoms with E-state index in [0.29, 0.717) is 43.5 Å². The number of carbonyl (C=O) groups excluding carboxylic acids is 8. The van der Waals surface area contributed by atoms with Gasteiger partial charge < -0.3 is 80.5 Å². The second-order valence-electron chi connectivity index (χ2n) is 18.1. The molecule has 0 fully saturated rings. The maximum absolute atomic E-state index is 14.2. The molecule has 2 aromatic rings. The molecule has 0 spiro atoms. The Hall–Kier alpha value is -7.52. The van der Waals surface area contributed by atoms with Gasteiger partial charge in [0.25, 0.3) is 0 Å². The molecular formula is C47H73N13O14. The van der Waals surface area contributed by atoms with Crippen LogP contribution < -0.4 is 60.2 Å². The van der Waals surface area contributed by atoms with Crippen LogP contribution in [0.25, 0.3) is 0 Å². The Kier molecular flexibility index (Phi) is 28.1. The summed E-state index contributed by atoms with van der Waals surface area (Å²) in [5.41, 5.74) is 23.4. The molecule has 74 heavy (non-hydrogen) atoms. The molecule has 27 nitrogen and oxygen atoms in total. The Bertz CT molecular complexity index is 2180. The van der Waals surface area contributed by atoms with Gasteiger partial charge in [-0.2, -0.15) is 0 Å². The maximum atomic E-state index is 14.2. The summed E-state index contributed by atoms with van der Waals surface area (Å²) in [5.74, 6) is -12.2. The van der Waals surface area contributed by atoms with Crippen LogP contribution in [0.15, 0.2) is 42.9 Å². The van der Waals surface area contributed by atoms with E-state index in [9.17, 15) is 68.1 Å². The van der Waals surface area contributed by atoms with Crippen molar-refractivity contribution in [3.05, 3.63) is 54.1 Å². The number of rotatable bonds is 37. The molecule has 2 rings (SSSR count). The highest BCUT2D eigenvalue weighted by atomic mass is 16.4. The summed E-state index contributed by atoms with van der Waals surface area (Å²) in [5, 5.41) is 45.7. The van der Waals surface area contributed by atoms with Crippen molar-refractivity contribution in [2.45, 2.75) is 152 Å². The SMILES string of the molecule is CC(C)C[C@H](NC(=O)[C@H](Cc1cnc[nH]1)NC(=O)[C@H](CC(N)=O)NC(=O)[C@H](Cc1ccccc1)NC(=O)[C@H](CCC(=O)O)NC(=O)[C@@H](N)CCCCN)C(=O)N[C@@H](CCC(=O)O)C(=O)N[C@@H](CCCCN)C(=O)O. The number of nitrogens with zero attached hydrogens (tertiary/aromatic N) is 1. The number of primary amides is 1. The number of unbranched alkanes of at least 4 members (excludes halogenated alkanes) is 2. The number of H-pyrrole nitrogens is 1. The van der Waals surface area contributed by atoms with Crippen molar-refractivity contribution < 1.29 is 68.1 Å². The Morgan fingerprint density at radius 2 is 1.00 bits per heavy atom. The van der Waals surface area contributed by atoms with E-state index in [1.54, 1.807) is 44.2 Å². The number of aliphatic carboxylic acids is 3. The molecule has 8 atom stereocenters. The molecule has 1 aromatic carbocycles. The van der Waals surface area contributed by atoms with E-state index in [-0.39, 0.29) is 44.6 Å². The van der Waals surface area contributed by atoms with Crippen molar-refractivity contribution in [3.63, 3.8) is 0 Å². The fourth-order valence-electron chi connectivity index (χ4n) is 7.37. The van der Waals surface area contributed by atoms with Crippen molar-refractivity contribution in [2.75, 3.05) is 13.1 Å². The first-order chi connectivity index (χ1) is 35.0. The third kappa shape index (κ3) is 24.3. The van der Waals surface area contributed by atoms with Crippen molar-refractivity contribution in [3.8, 4) is 0 Å². The smallest absolute Gasteiger partial charge is 0.326 e. The molecule has 0 bridgehead atoms. The van der Waals surface area contributed by atoms with Gasteiger partial charge in [0, 0.05) is 37.6 Å². The number of carboxylic acid groups (broad SMARTS) is 3. The predicted molar refractivity (Wildman–Crippen MR) is 264 cm³/mol. The van der Waals surface area contributed by atoms with E-state index in [1.807, 2.05) is 0 Å². The highest BCUT2D eigenvalue weighted by Gasteiger charge is 2.36. The number of hydrogen-bond acceptors (Lipinski definition) is 15. The van der Waals surface area contributed by atoms with Gasteiger partial charge in [-0.15, -0.1) is 0 Å². The van der Waals surface area contributed by atoms with Gasteiger partial charge in [0.1, 0.15) is 42.3 Å². The molecule has 0 saturated heterocycles. The molecule has 0 aliphatic rings. The molecule has 1 aromatic heterocycles. The summed E-state index contributed by atoms with van der Waals surface area (Å²) in [7, 11) is 0. The zero-order valence-corrected chi connectivity index (χ0v) is 41.6. The quantitative estimate of drug-likeness (QED) is 0.0298. The van der Waals surface area contributed by atoms with E-state index in [2.05, 4.69) is 47.2 Å². The normalized spacial score (nSPS) is 14.3. The standard InChI is InChI=1S/C47H73N13O14/c1-26(2)20-33(43(69)55-31(15-17-39(64)65)41(67)56-32(47(73)74)13-7-9-19-49)57-45(71)35(22-28-24-52-25-53-28)59-46(72)36(23-37(51)61)60-44(70)34(21-27-10-4-3-5-11-27)58-42(68)30(14-16-38(62)63)54-40(66)29(50)12-6-8-18-48/h3-5,10-11,24-26,29-36H,6-9,12-23,48-50H2,1-2H3,(H2,51,61)(H,52,53)(H,54,66)(H,55,69)(H,56,67)(H,57,71)(H,58,68)(H,59,72)(H,60,70)(H,62,63)(H,64,65)(H,73,74)/t29-,30-,31-,32-,33-,34-,35-,36-/m0/s1. The zero-order valence-electron chi connectivity index (χ0n) is 41.6. The molecule has 0 radical (unpaired) electrons. The number of nitrogens with two attached hydrogens (primary N) is 4. The van der Waals surface area contributed by atoms with Gasteiger partial charge in [-0.3, -0.25) is 47.9 Å². The number of hydrogen-bond donors (Lipinski definition) is 15. The van der Waals surface area contributed by atoms with Crippen LogP contribution >= 0.6 is 0 Å². The summed E-state index contributed by atoms with van der Waals surface area (Å²) in [6.07, 6.45) is 1.20. The topological polar surface area (TPSA) is 465 Å². The molecular weight excluding hydrogens is 971 g/mol. The van der Waals surface area contributed by atoms with Crippen molar-refractivity contribution >= 4 is 65.2 Å². The average molecular weight is 1040 g/mol. The number of imidazole rings is 1. The Morgan fingerprint density at radius 1 is 0.554 bits per heavy atom. The van der Waals surface area contributed by atoms with Crippen LogP contribution in [0.2, 0.25) is 0 Å². The van der Waals surface area contributed by atoms with Crippen LogP contribution in [0.1, 0.15) is 102 Å². The fraction of sp³-hybridized carbons (Fsp3) is 0.574. The van der Waals surface area contributed by atoms with Gasteiger partial charge in [-0.1, -0.05) is 50.6 Å². The monoisotopic (exact) mass is 1040 g/mol. The lowest BCUT2D eigenvalue weighted by Gasteiger charge is -2.28. The van der Waals surface area contributed by atoms with Crippen LogP contribution in [0.3, 0.4) is 0 Å². The third-order valence-electron chi connectivity index (χ3n) is 11.3. The van der Waals surface area contributed by atoms with Gasteiger partial charge in [0.15, 0.2) is 0 Å². The van der Waals surface area contributed by atoms with E-state index in [0.717, 1.165) is 0 Å². The number of carboxylic acids is 3. The van der Waals surface area contributed by atoms with Crippen LogP contribution in [-0.2, 0) is 65.6 Å². The van der Waals surface area contributed by atoms with Crippen LogP contribution in [0, 0.1) is 5.92 Å². The fourth-order valence-corrected chi connectivity index (χ4v) is 7.37. The zero-order chi connectivity index (χ0) is 55.3. The first-order valence-corrected chi connectivity index (χ1v) is 24.3. The van der Waals surface area contributed by atoms with Crippen molar-refractivity contribution in [1.82, 2.24) is 47.2 Å². The number of aromatic nitrogens is 2. The van der Waals surface area contributed by atoms with Crippen molar-refractivity contribution in [1.29, 1.82) is 0 Å². The van der Waals surface area contributed by atoms with E-state index >= 15 is 0 Å². The second kappa shape index (κ2) is 33.3. The van der Waals surface area contributed by atoms with Gasteiger partial charge in [-0.25, -0.2) is 9.78 Å². The number of nitrogens with one attached hydrogen (secondary N) is 8. The van der Waals surface area contributed by atoms with Gasteiger partial charge in [-0.05, 0) is 75.9 Å². The number of benzene rings is 1. The number of amides is 8. The lowest BCUT2D eigenvalue weighted by molar-refractivity contribution is -0.143. The predicted octanol–water partition coefficient (Wildman–Crippen LogP) is -3.09. The largest absolute Gasteiger partial charge is 0.481 e. The van der Waals surface area contributed by atoms with Crippen LogP contribution in [0.5, 0.6) is 0 Å². The average Bonchev–Trinajstić information content (AvgIpc) is 3.85. The summed E-state index contributed by atoms with van der Waals surface area (Å²) in [6.45, 7) is 4.04. The first-order valence-electron chi connectivity index (χ1n) is 24.3. The highest BCUT2D eigenvalue weighted by molar-refractivity contribution is 5.99. The lowest BCUT2D eigenvalue weighted by atomic mass is 10.0. The van der Waals surface area contributed by atoms with E-state index < -0.39 is 146 Å². The number of aromatic amines is 1. The second-order valence-corrected chi connectivity index (χ2v) is 18.1. The molecule has 27 heteroatoms. The summed E-state index contributed by atoms with van der Waals surface area (Å²) < 4.78 is 0. The summed E-state index contributed by atoms with van der Waals surface area (Å²) in [6, 6.07) is -3.67. The molecule has 0 aliphatic carbocycles. The molecule has 410 valence electrons. The molecule has 19 N–H and O–H groups in total.